The zero-order valence-corrected chi connectivity index (χ0v) is 10.2. The average Bonchev–Trinajstić information content (AvgIpc) is 2.27. The standard InChI is InChI=1S/C12H23NO2/c1-12(2,15-3)6-8-13-7-4-5-11(9-13)10-14/h10-11H,4-9H2,1-3H3. The van der Waals surface area contributed by atoms with Gasteiger partial charge in [-0.3, -0.25) is 0 Å². The van der Waals surface area contributed by atoms with E-state index in [0.717, 1.165) is 45.2 Å². The van der Waals surface area contributed by atoms with E-state index >= 15 is 0 Å². The van der Waals surface area contributed by atoms with Crippen LogP contribution < -0.4 is 0 Å². The van der Waals surface area contributed by atoms with Gasteiger partial charge in [-0.1, -0.05) is 0 Å². The number of aldehydes is 1. The summed E-state index contributed by atoms with van der Waals surface area (Å²) in [7, 11) is 1.75. The van der Waals surface area contributed by atoms with E-state index in [1.807, 2.05) is 0 Å². The summed E-state index contributed by atoms with van der Waals surface area (Å²) in [5.41, 5.74) is -0.0475. The van der Waals surface area contributed by atoms with Gasteiger partial charge in [-0.25, -0.2) is 0 Å². The Bertz CT molecular complexity index is 204. The fraction of sp³-hybridized carbons (Fsp3) is 0.917. The van der Waals surface area contributed by atoms with Gasteiger partial charge in [0.15, 0.2) is 0 Å². The van der Waals surface area contributed by atoms with Crippen molar-refractivity contribution in [2.45, 2.75) is 38.7 Å². The van der Waals surface area contributed by atoms with Gasteiger partial charge in [0.05, 0.1) is 5.60 Å². The first-order chi connectivity index (χ1) is 7.07. The van der Waals surface area contributed by atoms with Gasteiger partial charge in [-0.2, -0.15) is 0 Å². The molecule has 15 heavy (non-hydrogen) atoms. The van der Waals surface area contributed by atoms with Crippen LogP contribution in [0.25, 0.3) is 0 Å². The molecule has 1 rings (SSSR count). The third-order valence-electron chi connectivity index (χ3n) is 3.32. The van der Waals surface area contributed by atoms with Crippen LogP contribution in [-0.4, -0.2) is 43.5 Å². The van der Waals surface area contributed by atoms with Gasteiger partial charge in [-0.05, 0) is 39.7 Å². The maximum atomic E-state index is 10.7. The van der Waals surface area contributed by atoms with Crippen LogP contribution in [0.3, 0.4) is 0 Å². The predicted octanol–water partition coefficient (Wildman–Crippen LogP) is 1.71. The third kappa shape index (κ3) is 4.31. The van der Waals surface area contributed by atoms with Crippen molar-refractivity contribution in [1.29, 1.82) is 0 Å². The molecule has 0 spiro atoms. The van der Waals surface area contributed by atoms with Crippen molar-refractivity contribution in [3.8, 4) is 0 Å². The number of likely N-dealkylation sites (tertiary alicyclic amines) is 1. The fourth-order valence-corrected chi connectivity index (χ4v) is 1.93. The molecule has 3 nitrogen and oxygen atoms in total. The zero-order chi connectivity index (χ0) is 11.3. The Morgan fingerprint density at radius 3 is 2.87 bits per heavy atom. The molecule has 1 fully saturated rings. The average molecular weight is 213 g/mol. The third-order valence-corrected chi connectivity index (χ3v) is 3.32. The van der Waals surface area contributed by atoms with Gasteiger partial charge in [0, 0.05) is 26.1 Å². The Balaban J connectivity index is 2.29. The summed E-state index contributed by atoms with van der Waals surface area (Å²) in [6.45, 7) is 7.31. The number of carbonyl (C=O) groups excluding carboxylic acids is 1. The Morgan fingerprint density at radius 2 is 2.27 bits per heavy atom. The molecular weight excluding hydrogens is 190 g/mol. The Labute approximate surface area is 92.8 Å². The topological polar surface area (TPSA) is 29.5 Å². The molecule has 0 amide bonds. The lowest BCUT2D eigenvalue weighted by molar-refractivity contribution is -0.112. The summed E-state index contributed by atoms with van der Waals surface area (Å²) in [6, 6.07) is 0. The number of hydrogen-bond donors (Lipinski definition) is 0. The van der Waals surface area contributed by atoms with E-state index < -0.39 is 0 Å². The molecule has 3 heteroatoms. The summed E-state index contributed by atoms with van der Waals surface area (Å²) in [5.74, 6) is 0.254. The van der Waals surface area contributed by atoms with Crippen LogP contribution in [0.15, 0.2) is 0 Å². The molecule has 0 aromatic heterocycles. The second-order valence-corrected chi connectivity index (χ2v) is 5.05. The van der Waals surface area contributed by atoms with E-state index in [1.165, 1.54) is 0 Å². The second-order valence-electron chi connectivity index (χ2n) is 5.05. The number of nitrogens with zero attached hydrogens (tertiary/aromatic N) is 1. The summed E-state index contributed by atoms with van der Waals surface area (Å²) in [4.78, 5) is 13.1. The number of methoxy groups -OCH3 is 1. The van der Waals surface area contributed by atoms with Crippen LogP contribution in [0.1, 0.15) is 33.1 Å². The first kappa shape index (κ1) is 12.7. The summed E-state index contributed by atoms with van der Waals surface area (Å²) < 4.78 is 5.39. The lowest BCUT2D eigenvalue weighted by Gasteiger charge is -2.33. The number of hydrogen-bond acceptors (Lipinski definition) is 3. The van der Waals surface area contributed by atoms with Crippen molar-refractivity contribution < 1.29 is 9.53 Å². The number of ether oxygens (including phenoxy) is 1. The van der Waals surface area contributed by atoms with Crippen molar-refractivity contribution in [1.82, 2.24) is 4.90 Å². The summed E-state index contributed by atoms with van der Waals surface area (Å²) >= 11 is 0. The molecule has 1 atom stereocenters. The van der Waals surface area contributed by atoms with Crippen molar-refractivity contribution in [3.63, 3.8) is 0 Å². The van der Waals surface area contributed by atoms with Gasteiger partial charge in [-0.15, -0.1) is 0 Å². The van der Waals surface area contributed by atoms with Crippen LogP contribution in [0.5, 0.6) is 0 Å². The lowest BCUT2D eigenvalue weighted by Crippen LogP contribution is -2.39. The van der Waals surface area contributed by atoms with Crippen LogP contribution in [0.2, 0.25) is 0 Å². The predicted molar refractivity (Wildman–Crippen MR) is 60.9 cm³/mol. The van der Waals surface area contributed by atoms with Crippen LogP contribution in [-0.2, 0) is 9.53 Å². The van der Waals surface area contributed by atoms with Crippen LogP contribution >= 0.6 is 0 Å². The Kier molecular flexibility index (Phi) is 4.74. The van der Waals surface area contributed by atoms with Gasteiger partial charge >= 0.3 is 0 Å². The molecule has 1 unspecified atom stereocenters. The Hall–Kier alpha value is -0.410. The molecule has 88 valence electrons. The van der Waals surface area contributed by atoms with Gasteiger partial charge in [0.1, 0.15) is 6.29 Å². The molecule has 0 aromatic carbocycles. The van der Waals surface area contributed by atoms with E-state index in [-0.39, 0.29) is 11.5 Å². The van der Waals surface area contributed by atoms with Gasteiger partial charge < -0.3 is 14.4 Å². The Morgan fingerprint density at radius 1 is 1.53 bits per heavy atom. The van der Waals surface area contributed by atoms with E-state index in [9.17, 15) is 4.79 Å². The van der Waals surface area contributed by atoms with Crippen molar-refractivity contribution in [3.05, 3.63) is 0 Å². The molecule has 0 aliphatic carbocycles. The highest BCUT2D eigenvalue weighted by molar-refractivity contribution is 5.53. The molecule has 1 aliphatic rings. The molecule has 1 aliphatic heterocycles. The monoisotopic (exact) mass is 213 g/mol. The molecular formula is C12H23NO2. The van der Waals surface area contributed by atoms with Gasteiger partial charge in [0.25, 0.3) is 0 Å². The number of piperidine rings is 1. The van der Waals surface area contributed by atoms with Crippen molar-refractivity contribution >= 4 is 6.29 Å². The highest BCUT2D eigenvalue weighted by Crippen LogP contribution is 2.18. The van der Waals surface area contributed by atoms with Crippen molar-refractivity contribution in [2.24, 2.45) is 5.92 Å². The molecule has 0 N–H and O–H groups in total. The van der Waals surface area contributed by atoms with Crippen LogP contribution in [0.4, 0.5) is 0 Å². The SMILES string of the molecule is COC(C)(C)CCN1CCCC(C=O)C1. The van der Waals surface area contributed by atoms with E-state index in [0.29, 0.717) is 0 Å². The fourth-order valence-electron chi connectivity index (χ4n) is 1.93. The molecule has 0 bridgehead atoms. The minimum atomic E-state index is -0.0475. The van der Waals surface area contributed by atoms with E-state index in [1.54, 1.807) is 7.11 Å². The molecule has 1 saturated heterocycles. The highest BCUT2D eigenvalue weighted by atomic mass is 16.5. The normalized spacial score (nSPS) is 24.1. The molecule has 0 saturated carbocycles. The van der Waals surface area contributed by atoms with E-state index in [4.69, 9.17) is 4.74 Å². The first-order valence-electron chi connectivity index (χ1n) is 5.80. The molecule has 1 heterocycles. The minimum Gasteiger partial charge on any atom is -0.379 e. The number of rotatable bonds is 5. The quantitative estimate of drug-likeness (QED) is 0.651. The smallest absolute Gasteiger partial charge is 0.124 e. The largest absolute Gasteiger partial charge is 0.379 e. The maximum absolute atomic E-state index is 10.7. The maximum Gasteiger partial charge on any atom is 0.124 e. The first-order valence-corrected chi connectivity index (χ1v) is 5.80. The van der Waals surface area contributed by atoms with Gasteiger partial charge in [0.2, 0.25) is 0 Å². The molecule has 0 radical (unpaired) electrons. The zero-order valence-electron chi connectivity index (χ0n) is 10.2. The number of carbonyl (C=O) groups is 1. The summed E-state index contributed by atoms with van der Waals surface area (Å²) in [5, 5.41) is 0. The minimum absolute atomic E-state index is 0.0475. The second kappa shape index (κ2) is 5.61. The van der Waals surface area contributed by atoms with Crippen molar-refractivity contribution in [2.75, 3.05) is 26.7 Å². The van der Waals surface area contributed by atoms with E-state index in [2.05, 4.69) is 18.7 Å². The highest BCUT2D eigenvalue weighted by Gasteiger charge is 2.22. The molecule has 0 aromatic rings. The lowest BCUT2D eigenvalue weighted by atomic mass is 9.98. The van der Waals surface area contributed by atoms with Crippen LogP contribution in [0, 0.1) is 5.92 Å². The summed E-state index contributed by atoms with van der Waals surface area (Å²) in [6.07, 6.45) is 4.34.